The molecular weight excluding hydrogens is 257 g/mol. The molecule has 98 valence electrons. The molecule has 0 unspecified atom stereocenters. The average Bonchev–Trinajstić information content (AvgIpc) is 3.01. The smallest absolute Gasteiger partial charge is 0.159 e. The van der Waals surface area contributed by atoms with Gasteiger partial charge in [0.2, 0.25) is 0 Å². The minimum absolute atomic E-state index is 0.306. The van der Waals surface area contributed by atoms with Gasteiger partial charge in [-0.25, -0.2) is 9.37 Å². The van der Waals surface area contributed by atoms with E-state index in [-0.39, 0.29) is 5.82 Å². The highest BCUT2D eigenvalue weighted by Gasteiger charge is 2.14. The van der Waals surface area contributed by atoms with Crippen molar-refractivity contribution in [3.8, 4) is 11.5 Å². The van der Waals surface area contributed by atoms with Crippen LogP contribution in [0.1, 0.15) is 0 Å². The Morgan fingerprint density at radius 3 is 2.90 bits per heavy atom. The first kappa shape index (κ1) is 11.0. The number of nitrogen functional groups attached to an aromatic ring is 1. The number of nitrogens with one attached hydrogen (secondary N) is 2. The largest absolute Gasteiger partial charge is 0.398 e. The van der Waals surface area contributed by atoms with Gasteiger partial charge in [0.1, 0.15) is 11.5 Å². The van der Waals surface area contributed by atoms with Gasteiger partial charge >= 0.3 is 0 Å². The maximum Gasteiger partial charge on any atom is 0.159 e. The van der Waals surface area contributed by atoms with E-state index in [1.165, 1.54) is 12.1 Å². The van der Waals surface area contributed by atoms with E-state index in [2.05, 4.69) is 20.2 Å². The number of hydrogen-bond acceptors (Lipinski definition) is 3. The minimum Gasteiger partial charge on any atom is -0.398 e. The summed E-state index contributed by atoms with van der Waals surface area (Å²) in [6.45, 7) is 0. The molecule has 0 aliphatic rings. The van der Waals surface area contributed by atoms with E-state index in [0.29, 0.717) is 28.2 Å². The Morgan fingerprint density at radius 2 is 2.00 bits per heavy atom. The molecule has 0 amide bonds. The van der Waals surface area contributed by atoms with Crippen LogP contribution in [0.2, 0.25) is 0 Å². The van der Waals surface area contributed by atoms with Gasteiger partial charge < -0.3 is 10.7 Å². The highest BCUT2D eigenvalue weighted by Crippen LogP contribution is 2.30. The first-order valence-corrected chi connectivity index (χ1v) is 6.10. The number of anilines is 1. The Hall–Kier alpha value is -2.89. The van der Waals surface area contributed by atoms with E-state index >= 15 is 0 Å². The summed E-state index contributed by atoms with van der Waals surface area (Å²) in [6, 6.07) is 9.97. The molecule has 4 N–H and O–H groups in total. The predicted molar refractivity (Wildman–Crippen MR) is 75.6 cm³/mol. The maximum atomic E-state index is 13.2. The van der Waals surface area contributed by atoms with Crippen LogP contribution in [-0.2, 0) is 0 Å². The number of H-pyrrole nitrogens is 2. The number of nitrogens with zero attached hydrogens (tertiary/aromatic N) is 2. The third-order valence-corrected chi connectivity index (χ3v) is 3.29. The van der Waals surface area contributed by atoms with E-state index in [0.717, 1.165) is 10.9 Å². The molecule has 0 aliphatic carbocycles. The van der Waals surface area contributed by atoms with Crippen LogP contribution in [-0.4, -0.2) is 20.2 Å². The number of imidazole rings is 1. The van der Waals surface area contributed by atoms with E-state index in [1.54, 1.807) is 6.07 Å². The fourth-order valence-electron chi connectivity index (χ4n) is 2.36. The molecule has 0 bridgehead atoms. The van der Waals surface area contributed by atoms with Gasteiger partial charge in [-0.15, -0.1) is 0 Å². The first-order chi connectivity index (χ1) is 9.72. The summed E-state index contributed by atoms with van der Waals surface area (Å²) in [5, 5.41) is 7.98. The second-order valence-corrected chi connectivity index (χ2v) is 4.59. The number of nitrogens with two attached hydrogens (primary N) is 1. The van der Waals surface area contributed by atoms with Crippen LogP contribution < -0.4 is 5.73 Å². The van der Waals surface area contributed by atoms with Crippen molar-refractivity contribution in [3.05, 3.63) is 42.2 Å². The summed E-state index contributed by atoms with van der Waals surface area (Å²) < 4.78 is 13.2. The molecule has 4 rings (SSSR count). The summed E-state index contributed by atoms with van der Waals surface area (Å²) in [5.41, 5.74) is 9.41. The number of hydrogen-bond donors (Lipinski definition) is 3. The number of aromatic amines is 2. The number of aromatic nitrogens is 4. The van der Waals surface area contributed by atoms with Gasteiger partial charge in [-0.2, -0.15) is 5.10 Å². The Kier molecular flexibility index (Phi) is 2.09. The Balaban J connectivity index is 2.01. The molecule has 4 aromatic rings. The molecule has 0 spiro atoms. The number of benzene rings is 2. The molecule has 0 aliphatic heterocycles. The average molecular weight is 267 g/mol. The summed E-state index contributed by atoms with van der Waals surface area (Å²) in [5.74, 6) is 0.258. The van der Waals surface area contributed by atoms with Crippen LogP contribution in [0.5, 0.6) is 0 Å². The Bertz CT molecular complexity index is 937. The highest BCUT2D eigenvalue weighted by molar-refractivity contribution is 6.00. The molecule has 2 aromatic heterocycles. The number of fused-ring (bicyclic) bond motifs is 2. The third kappa shape index (κ3) is 1.48. The summed E-state index contributed by atoms with van der Waals surface area (Å²) in [7, 11) is 0. The molecule has 0 radical (unpaired) electrons. The van der Waals surface area contributed by atoms with E-state index in [1.807, 2.05) is 18.2 Å². The van der Waals surface area contributed by atoms with Gasteiger partial charge in [0.05, 0.1) is 21.9 Å². The van der Waals surface area contributed by atoms with Gasteiger partial charge in [-0.05, 0) is 30.3 Å². The van der Waals surface area contributed by atoms with Crippen molar-refractivity contribution >= 4 is 27.6 Å². The molecule has 2 heterocycles. The predicted octanol–water partition coefficient (Wildman–Crippen LogP) is 2.83. The quantitative estimate of drug-likeness (QED) is 0.464. The zero-order valence-corrected chi connectivity index (χ0v) is 10.3. The second-order valence-electron chi connectivity index (χ2n) is 4.59. The van der Waals surface area contributed by atoms with Gasteiger partial charge in [0, 0.05) is 5.69 Å². The number of halogens is 1. The Labute approximate surface area is 112 Å². The zero-order chi connectivity index (χ0) is 13.7. The molecule has 20 heavy (non-hydrogen) atoms. The lowest BCUT2D eigenvalue weighted by Gasteiger charge is -1.96. The first-order valence-electron chi connectivity index (χ1n) is 6.10. The molecule has 2 aromatic carbocycles. The molecule has 6 heteroatoms. The van der Waals surface area contributed by atoms with Gasteiger partial charge in [0.15, 0.2) is 5.82 Å². The van der Waals surface area contributed by atoms with E-state index < -0.39 is 0 Å². The van der Waals surface area contributed by atoms with Crippen LogP contribution in [0.3, 0.4) is 0 Å². The fourth-order valence-corrected chi connectivity index (χ4v) is 2.36. The van der Waals surface area contributed by atoms with Crippen LogP contribution in [0.25, 0.3) is 33.5 Å². The summed E-state index contributed by atoms with van der Waals surface area (Å²) in [4.78, 5) is 7.50. The Morgan fingerprint density at radius 1 is 1.10 bits per heavy atom. The van der Waals surface area contributed by atoms with E-state index in [9.17, 15) is 4.39 Å². The van der Waals surface area contributed by atoms with E-state index in [4.69, 9.17) is 5.73 Å². The van der Waals surface area contributed by atoms with Crippen LogP contribution in [0, 0.1) is 5.82 Å². The highest BCUT2D eigenvalue weighted by atomic mass is 19.1. The van der Waals surface area contributed by atoms with Crippen molar-refractivity contribution in [2.45, 2.75) is 0 Å². The van der Waals surface area contributed by atoms with Crippen molar-refractivity contribution in [1.82, 2.24) is 20.2 Å². The summed E-state index contributed by atoms with van der Waals surface area (Å²) >= 11 is 0. The normalized spacial score (nSPS) is 11.4. The fraction of sp³-hybridized carbons (Fsp3) is 0. The van der Waals surface area contributed by atoms with Crippen LogP contribution in [0.4, 0.5) is 10.1 Å². The SMILES string of the molecule is Nc1cccc2[nH]nc(-c3nc4ccc(F)cc4[nH]3)c12. The van der Waals surface area contributed by atoms with Crippen LogP contribution >= 0.6 is 0 Å². The van der Waals surface area contributed by atoms with Crippen molar-refractivity contribution < 1.29 is 4.39 Å². The standard InChI is InChI=1S/C14H10FN5/c15-7-4-5-9-11(6-7)18-14(17-9)13-12-8(16)2-1-3-10(12)19-20-13/h1-6H,16H2,(H,17,18)(H,19,20). The van der Waals surface area contributed by atoms with Gasteiger partial charge in [-0.1, -0.05) is 6.07 Å². The number of rotatable bonds is 1. The van der Waals surface area contributed by atoms with Crippen molar-refractivity contribution in [2.75, 3.05) is 5.73 Å². The molecular formula is C14H10FN5. The lowest BCUT2D eigenvalue weighted by molar-refractivity contribution is 0.629. The zero-order valence-electron chi connectivity index (χ0n) is 10.3. The van der Waals surface area contributed by atoms with Gasteiger partial charge in [-0.3, -0.25) is 5.10 Å². The molecule has 0 saturated heterocycles. The molecule has 0 fully saturated rings. The molecule has 0 saturated carbocycles. The van der Waals surface area contributed by atoms with Crippen molar-refractivity contribution in [3.63, 3.8) is 0 Å². The molecule has 0 atom stereocenters. The lowest BCUT2D eigenvalue weighted by atomic mass is 10.1. The van der Waals surface area contributed by atoms with Crippen LogP contribution in [0.15, 0.2) is 36.4 Å². The van der Waals surface area contributed by atoms with Gasteiger partial charge in [0.25, 0.3) is 0 Å². The van der Waals surface area contributed by atoms with Crippen molar-refractivity contribution in [2.24, 2.45) is 0 Å². The lowest BCUT2D eigenvalue weighted by Crippen LogP contribution is -1.87. The minimum atomic E-state index is -0.306. The maximum absolute atomic E-state index is 13.2. The monoisotopic (exact) mass is 267 g/mol. The summed E-state index contributed by atoms with van der Waals surface area (Å²) in [6.07, 6.45) is 0. The topological polar surface area (TPSA) is 83.4 Å². The van der Waals surface area contributed by atoms with Crippen molar-refractivity contribution in [1.29, 1.82) is 0 Å². The molecule has 5 nitrogen and oxygen atoms in total. The third-order valence-electron chi connectivity index (χ3n) is 3.29. The second kappa shape index (κ2) is 3.80.